The number of pyridine rings is 1. The lowest BCUT2D eigenvalue weighted by Crippen LogP contribution is -2.18. The maximum atomic E-state index is 14.0. The summed E-state index contributed by atoms with van der Waals surface area (Å²) in [6.07, 6.45) is -2.99. The third-order valence-corrected chi connectivity index (χ3v) is 5.90. The zero-order valence-corrected chi connectivity index (χ0v) is 20.5. The van der Waals surface area contributed by atoms with Gasteiger partial charge in [0.2, 0.25) is 0 Å². The molecule has 0 spiro atoms. The fraction of sp³-hybridized carbons (Fsp3) is 0.259. The molecule has 0 radical (unpaired) electrons. The molecule has 38 heavy (non-hydrogen) atoms. The first-order valence-corrected chi connectivity index (χ1v) is 11.6. The quantitative estimate of drug-likeness (QED) is 0.200. The maximum Gasteiger partial charge on any atom is 0.573 e. The summed E-state index contributed by atoms with van der Waals surface area (Å²) in [6.45, 7) is 3.04. The van der Waals surface area contributed by atoms with Crippen LogP contribution in [0.15, 0.2) is 54.7 Å². The topological polar surface area (TPSA) is 78.8 Å². The number of carbonyl (C=O) groups is 1. The highest BCUT2D eigenvalue weighted by Gasteiger charge is 2.31. The largest absolute Gasteiger partial charge is 0.573 e. The number of Topliss-reactive ketones (excluding diaryl/α,β-unsaturated/α-hetero) is 1. The van der Waals surface area contributed by atoms with Gasteiger partial charge < -0.3 is 15.2 Å². The van der Waals surface area contributed by atoms with Crippen molar-refractivity contribution in [3.63, 3.8) is 0 Å². The van der Waals surface area contributed by atoms with Gasteiger partial charge in [0.05, 0.1) is 11.3 Å². The molecule has 2 aromatic heterocycles. The number of rotatable bonds is 9. The van der Waals surface area contributed by atoms with Gasteiger partial charge in [-0.2, -0.15) is 0 Å². The molecule has 4 rings (SSSR count). The second kappa shape index (κ2) is 10.8. The summed E-state index contributed by atoms with van der Waals surface area (Å²) >= 11 is 0. The van der Waals surface area contributed by atoms with Crippen LogP contribution in [0.2, 0.25) is 0 Å². The van der Waals surface area contributed by atoms with Crippen molar-refractivity contribution in [1.82, 2.24) is 9.38 Å². The fourth-order valence-electron chi connectivity index (χ4n) is 4.13. The summed E-state index contributed by atoms with van der Waals surface area (Å²) in [5.74, 6) is -1.92. The molecule has 2 N–H and O–H groups in total. The van der Waals surface area contributed by atoms with Gasteiger partial charge in [0, 0.05) is 18.7 Å². The van der Waals surface area contributed by atoms with Crippen LogP contribution in [0.4, 0.5) is 22.0 Å². The first-order valence-electron chi connectivity index (χ1n) is 11.6. The molecule has 200 valence electrons. The summed E-state index contributed by atoms with van der Waals surface area (Å²) in [5, 5.41) is 0. The molecule has 0 bridgehead atoms. The smallest absolute Gasteiger partial charge is 0.485 e. The molecule has 1 unspecified atom stereocenters. The average Bonchev–Trinajstić information content (AvgIpc) is 3.16. The lowest BCUT2D eigenvalue weighted by Gasteiger charge is -2.14. The number of nitrogens with two attached hydrogens (primary N) is 1. The number of benzene rings is 2. The van der Waals surface area contributed by atoms with E-state index in [1.165, 1.54) is 24.3 Å². The van der Waals surface area contributed by atoms with Crippen LogP contribution < -0.4 is 15.2 Å². The van der Waals surface area contributed by atoms with E-state index in [0.29, 0.717) is 22.5 Å². The molecule has 6 nitrogen and oxygen atoms in total. The van der Waals surface area contributed by atoms with Crippen LogP contribution in [0, 0.1) is 25.5 Å². The Morgan fingerprint density at radius 1 is 1.08 bits per heavy atom. The minimum absolute atomic E-state index is 0.00920. The fourth-order valence-corrected chi connectivity index (χ4v) is 4.13. The van der Waals surface area contributed by atoms with Crippen LogP contribution in [0.1, 0.15) is 51.8 Å². The van der Waals surface area contributed by atoms with Crippen LogP contribution in [0.25, 0.3) is 5.65 Å². The van der Waals surface area contributed by atoms with E-state index in [1.54, 1.807) is 36.6 Å². The molecule has 0 aliphatic rings. The van der Waals surface area contributed by atoms with Crippen molar-refractivity contribution in [3.8, 4) is 11.5 Å². The molecule has 0 amide bonds. The minimum Gasteiger partial charge on any atom is -0.485 e. The Balaban J connectivity index is 1.52. The van der Waals surface area contributed by atoms with Gasteiger partial charge in [-0.1, -0.05) is 18.2 Å². The van der Waals surface area contributed by atoms with E-state index < -0.39 is 29.8 Å². The first-order chi connectivity index (χ1) is 17.9. The van der Waals surface area contributed by atoms with Crippen LogP contribution in [-0.4, -0.2) is 21.5 Å². The molecule has 0 aliphatic carbocycles. The molecular formula is C27H24F5N3O3. The Morgan fingerprint density at radius 2 is 1.76 bits per heavy atom. The molecule has 0 aliphatic heterocycles. The molecule has 11 heteroatoms. The van der Waals surface area contributed by atoms with E-state index in [1.807, 2.05) is 0 Å². The van der Waals surface area contributed by atoms with E-state index in [0.717, 1.165) is 12.1 Å². The molecule has 2 aromatic carbocycles. The van der Waals surface area contributed by atoms with Gasteiger partial charge in [-0.25, -0.2) is 13.8 Å². The Morgan fingerprint density at radius 3 is 2.45 bits per heavy atom. The number of fused-ring (bicyclic) bond motifs is 1. The number of imidazole rings is 1. The van der Waals surface area contributed by atoms with Crippen LogP contribution in [0.5, 0.6) is 11.5 Å². The highest BCUT2D eigenvalue weighted by Crippen LogP contribution is 2.29. The number of aromatic nitrogens is 2. The molecule has 0 saturated heterocycles. The third kappa shape index (κ3) is 6.10. The molecule has 2 heterocycles. The highest BCUT2D eigenvalue weighted by molar-refractivity contribution is 5.96. The zero-order chi connectivity index (χ0) is 27.6. The SMILES string of the molecule is Cc1cc(OCc2c(F)cccc2F)c2nc(C)c(C(=O)CCC(N)c3cccc(OC(F)(F)F)c3)n2c1. The van der Waals surface area contributed by atoms with E-state index in [9.17, 15) is 26.7 Å². The Labute approximate surface area is 214 Å². The summed E-state index contributed by atoms with van der Waals surface area (Å²) in [5.41, 5.74) is 8.03. The molecular weight excluding hydrogens is 509 g/mol. The predicted molar refractivity (Wildman–Crippen MR) is 129 cm³/mol. The van der Waals surface area contributed by atoms with E-state index in [-0.39, 0.29) is 42.2 Å². The predicted octanol–water partition coefficient (Wildman–Crippen LogP) is 6.37. The van der Waals surface area contributed by atoms with Crippen LogP contribution in [0.3, 0.4) is 0 Å². The van der Waals surface area contributed by atoms with Crippen molar-refractivity contribution >= 4 is 11.4 Å². The number of halogens is 5. The lowest BCUT2D eigenvalue weighted by atomic mass is 10.00. The lowest BCUT2D eigenvalue weighted by molar-refractivity contribution is -0.274. The summed E-state index contributed by atoms with van der Waals surface area (Å²) in [4.78, 5) is 17.6. The molecule has 0 fully saturated rings. The van der Waals surface area contributed by atoms with Crippen molar-refractivity contribution in [2.75, 3.05) is 0 Å². The summed E-state index contributed by atoms with van der Waals surface area (Å²) in [7, 11) is 0. The van der Waals surface area contributed by atoms with Crippen LogP contribution in [-0.2, 0) is 6.61 Å². The van der Waals surface area contributed by atoms with Crippen molar-refractivity contribution in [2.45, 2.75) is 45.7 Å². The number of alkyl halides is 3. The number of nitrogens with zero attached hydrogens (tertiary/aromatic N) is 2. The Kier molecular flexibility index (Phi) is 7.68. The van der Waals surface area contributed by atoms with Gasteiger partial charge in [-0.05, 0) is 61.7 Å². The number of aryl methyl sites for hydroxylation is 2. The number of ether oxygens (including phenoxy) is 2. The van der Waals surface area contributed by atoms with Crippen molar-refractivity contribution in [3.05, 3.63) is 94.4 Å². The Hall–Kier alpha value is -3.99. The van der Waals surface area contributed by atoms with Gasteiger partial charge in [0.25, 0.3) is 0 Å². The second-order valence-electron chi connectivity index (χ2n) is 8.80. The third-order valence-electron chi connectivity index (χ3n) is 5.90. The number of carbonyl (C=O) groups excluding carboxylic acids is 1. The molecule has 1 atom stereocenters. The first kappa shape index (κ1) is 27.1. The summed E-state index contributed by atoms with van der Waals surface area (Å²) < 4.78 is 76.9. The van der Waals surface area contributed by atoms with Gasteiger partial charge in [-0.3, -0.25) is 9.20 Å². The molecule has 4 aromatic rings. The van der Waals surface area contributed by atoms with Gasteiger partial charge in [0.1, 0.15) is 29.7 Å². The standard InChI is InChI=1S/C27H24F5N3O3/c1-15-11-24(37-14-19-20(28)7-4-8-21(19)29)26-34-16(2)25(35(26)13-15)23(36)10-9-22(33)17-5-3-6-18(12-17)38-27(30,31)32/h3-8,11-13,22H,9-10,14,33H2,1-2H3. The van der Waals surface area contributed by atoms with Crippen molar-refractivity contribution in [2.24, 2.45) is 5.73 Å². The Bertz CT molecular complexity index is 1460. The van der Waals surface area contributed by atoms with E-state index in [4.69, 9.17) is 10.5 Å². The van der Waals surface area contributed by atoms with Gasteiger partial charge in [0.15, 0.2) is 17.2 Å². The number of ketones is 1. The summed E-state index contributed by atoms with van der Waals surface area (Å²) in [6, 6.07) is 9.77. The van der Waals surface area contributed by atoms with Gasteiger partial charge >= 0.3 is 6.36 Å². The minimum atomic E-state index is -4.83. The van der Waals surface area contributed by atoms with E-state index in [2.05, 4.69) is 9.72 Å². The monoisotopic (exact) mass is 533 g/mol. The van der Waals surface area contributed by atoms with Crippen LogP contribution >= 0.6 is 0 Å². The van der Waals surface area contributed by atoms with E-state index >= 15 is 0 Å². The maximum absolute atomic E-state index is 14.0. The molecule has 0 saturated carbocycles. The average molecular weight is 533 g/mol. The normalized spacial score (nSPS) is 12.5. The highest BCUT2D eigenvalue weighted by atomic mass is 19.4. The number of hydrogen-bond acceptors (Lipinski definition) is 5. The number of hydrogen-bond donors (Lipinski definition) is 1. The second-order valence-corrected chi connectivity index (χ2v) is 8.80. The zero-order valence-electron chi connectivity index (χ0n) is 20.5. The van der Waals surface area contributed by atoms with Gasteiger partial charge in [-0.15, -0.1) is 13.2 Å². The van der Waals surface area contributed by atoms with Crippen molar-refractivity contribution in [1.29, 1.82) is 0 Å². The van der Waals surface area contributed by atoms with Crippen molar-refractivity contribution < 1.29 is 36.2 Å².